The number of piperidine rings is 1. The quantitative estimate of drug-likeness (QED) is 0.734. The molecule has 25 heavy (non-hydrogen) atoms. The summed E-state index contributed by atoms with van der Waals surface area (Å²) in [7, 11) is 1.61. The van der Waals surface area contributed by atoms with E-state index in [1.807, 2.05) is 18.2 Å². The molecule has 2 heterocycles. The van der Waals surface area contributed by atoms with Crippen molar-refractivity contribution in [2.45, 2.75) is 31.8 Å². The van der Waals surface area contributed by atoms with Crippen molar-refractivity contribution >= 4 is 22.5 Å². The van der Waals surface area contributed by atoms with Crippen LogP contribution in [-0.2, 0) is 0 Å². The van der Waals surface area contributed by atoms with E-state index in [0.29, 0.717) is 22.8 Å². The van der Waals surface area contributed by atoms with Gasteiger partial charge in [0.1, 0.15) is 5.75 Å². The van der Waals surface area contributed by atoms with E-state index in [-0.39, 0.29) is 12.0 Å². The van der Waals surface area contributed by atoms with E-state index in [9.17, 15) is 10.2 Å². The SMILES string of the molecule is COc1ccc2ncc(Cl)c([C@@H](O)CCC3(CO)CCNCC3)c2c1. The second kappa shape index (κ2) is 7.87. The molecular formula is C19H25ClN2O3. The first kappa shape index (κ1) is 18.4. The summed E-state index contributed by atoms with van der Waals surface area (Å²) in [5.74, 6) is 0.704. The van der Waals surface area contributed by atoms with Crippen LogP contribution in [0.2, 0.25) is 5.02 Å². The van der Waals surface area contributed by atoms with Crippen LogP contribution < -0.4 is 10.1 Å². The molecule has 1 aromatic heterocycles. The number of halogens is 1. The van der Waals surface area contributed by atoms with Gasteiger partial charge in [0, 0.05) is 23.8 Å². The van der Waals surface area contributed by atoms with Gasteiger partial charge in [0.05, 0.1) is 23.8 Å². The third kappa shape index (κ3) is 3.90. The Labute approximate surface area is 153 Å². The second-order valence-electron chi connectivity index (χ2n) is 6.87. The average molecular weight is 365 g/mol. The largest absolute Gasteiger partial charge is 0.497 e. The van der Waals surface area contributed by atoms with E-state index in [1.165, 1.54) is 0 Å². The van der Waals surface area contributed by atoms with Crippen LogP contribution in [0, 0.1) is 5.41 Å². The number of nitrogens with one attached hydrogen (secondary N) is 1. The molecule has 0 amide bonds. The number of rotatable bonds is 6. The van der Waals surface area contributed by atoms with Crippen molar-refractivity contribution in [3.63, 3.8) is 0 Å². The second-order valence-corrected chi connectivity index (χ2v) is 7.27. The van der Waals surface area contributed by atoms with Crippen molar-refractivity contribution in [3.8, 4) is 5.75 Å². The Hall–Kier alpha value is -1.40. The molecule has 1 atom stereocenters. The molecule has 0 unspecified atom stereocenters. The van der Waals surface area contributed by atoms with E-state index in [1.54, 1.807) is 13.3 Å². The molecule has 1 aliphatic heterocycles. The first-order valence-corrected chi connectivity index (χ1v) is 9.08. The summed E-state index contributed by atoms with van der Waals surface area (Å²) in [6, 6.07) is 5.57. The molecule has 0 saturated carbocycles. The smallest absolute Gasteiger partial charge is 0.119 e. The van der Waals surface area contributed by atoms with Gasteiger partial charge in [0.25, 0.3) is 0 Å². The molecule has 0 radical (unpaired) electrons. The van der Waals surface area contributed by atoms with Gasteiger partial charge in [-0.25, -0.2) is 0 Å². The van der Waals surface area contributed by atoms with Gasteiger partial charge in [0.15, 0.2) is 0 Å². The highest BCUT2D eigenvalue weighted by atomic mass is 35.5. The molecule has 5 nitrogen and oxygen atoms in total. The topological polar surface area (TPSA) is 74.6 Å². The lowest BCUT2D eigenvalue weighted by Crippen LogP contribution is -2.39. The zero-order valence-corrected chi connectivity index (χ0v) is 15.2. The Balaban J connectivity index is 1.86. The summed E-state index contributed by atoms with van der Waals surface area (Å²) < 4.78 is 5.29. The number of benzene rings is 1. The van der Waals surface area contributed by atoms with Crippen LogP contribution in [0.3, 0.4) is 0 Å². The third-order valence-electron chi connectivity index (χ3n) is 5.35. The Kier molecular flexibility index (Phi) is 5.79. The van der Waals surface area contributed by atoms with Gasteiger partial charge in [-0.15, -0.1) is 0 Å². The highest BCUT2D eigenvalue weighted by Gasteiger charge is 2.32. The van der Waals surface area contributed by atoms with Gasteiger partial charge in [-0.1, -0.05) is 11.6 Å². The lowest BCUT2D eigenvalue weighted by Gasteiger charge is -2.36. The lowest BCUT2D eigenvalue weighted by atomic mass is 9.75. The number of pyridine rings is 1. The average Bonchev–Trinajstić information content (AvgIpc) is 2.66. The van der Waals surface area contributed by atoms with Gasteiger partial charge < -0.3 is 20.3 Å². The zero-order chi connectivity index (χ0) is 17.9. The fraction of sp³-hybridized carbons (Fsp3) is 0.526. The summed E-state index contributed by atoms with van der Waals surface area (Å²) in [5, 5.41) is 25.3. The van der Waals surface area contributed by atoms with Gasteiger partial charge in [-0.2, -0.15) is 0 Å². The highest BCUT2D eigenvalue weighted by molar-refractivity contribution is 6.32. The number of aliphatic hydroxyl groups is 2. The van der Waals surface area contributed by atoms with Crippen LogP contribution in [0.25, 0.3) is 10.9 Å². The number of nitrogens with zero attached hydrogens (tertiary/aromatic N) is 1. The van der Waals surface area contributed by atoms with Crippen molar-refractivity contribution < 1.29 is 14.9 Å². The number of hydrogen-bond acceptors (Lipinski definition) is 5. The molecule has 0 bridgehead atoms. The predicted octanol–water partition coefficient (Wildman–Crippen LogP) is 3.07. The number of ether oxygens (including phenoxy) is 1. The highest BCUT2D eigenvalue weighted by Crippen LogP contribution is 2.39. The molecule has 6 heteroatoms. The normalized spacial score (nSPS) is 18.2. The van der Waals surface area contributed by atoms with Crippen LogP contribution in [0.15, 0.2) is 24.4 Å². The molecule has 3 N–H and O–H groups in total. The minimum absolute atomic E-state index is 0.112. The zero-order valence-electron chi connectivity index (χ0n) is 14.5. The van der Waals surface area contributed by atoms with Crippen molar-refractivity contribution in [3.05, 3.63) is 35.0 Å². The number of methoxy groups -OCH3 is 1. The van der Waals surface area contributed by atoms with E-state index in [0.717, 1.165) is 43.3 Å². The van der Waals surface area contributed by atoms with E-state index < -0.39 is 6.10 Å². The summed E-state index contributed by atoms with van der Waals surface area (Å²) in [4.78, 5) is 4.33. The number of fused-ring (bicyclic) bond motifs is 1. The molecule has 1 aromatic carbocycles. The fourth-order valence-electron chi connectivity index (χ4n) is 3.67. The van der Waals surface area contributed by atoms with E-state index >= 15 is 0 Å². The Morgan fingerprint density at radius 2 is 2.12 bits per heavy atom. The maximum absolute atomic E-state index is 10.9. The predicted molar refractivity (Wildman–Crippen MR) is 99.1 cm³/mol. The minimum atomic E-state index is -0.705. The first-order chi connectivity index (χ1) is 12.1. The summed E-state index contributed by atoms with van der Waals surface area (Å²) in [6.45, 7) is 1.97. The van der Waals surface area contributed by atoms with Crippen LogP contribution >= 0.6 is 11.6 Å². The Morgan fingerprint density at radius 3 is 2.80 bits per heavy atom. The van der Waals surface area contributed by atoms with Gasteiger partial charge >= 0.3 is 0 Å². The van der Waals surface area contributed by atoms with Crippen molar-refractivity contribution in [2.75, 3.05) is 26.8 Å². The third-order valence-corrected chi connectivity index (χ3v) is 5.65. The standard InChI is InChI=1S/C19H25ClN2O3/c1-25-13-2-3-16-14(10-13)18(15(20)11-22-16)17(24)4-5-19(12-23)6-8-21-9-7-19/h2-3,10-11,17,21,23-24H,4-9,12H2,1H3/t17-/m0/s1. The molecule has 3 rings (SSSR count). The fourth-order valence-corrected chi connectivity index (χ4v) is 3.94. The van der Waals surface area contributed by atoms with Crippen molar-refractivity contribution in [2.24, 2.45) is 5.41 Å². The summed E-state index contributed by atoms with van der Waals surface area (Å²) >= 11 is 6.36. The number of hydrogen-bond donors (Lipinski definition) is 3. The molecule has 1 fully saturated rings. The summed E-state index contributed by atoms with van der Waals surface area (Å²) in [6.07, 6.45) is 4.04. The van der Waals surface area contributed by atoms with Crippen molar-refractivity contribution in [1.29, 1.82) is 0 Å². The van der Waals surface area contributed by atoms with Gasteiger partial charge in [-0.05, 0) is 62.4 Å². The van der Waals surface area contributed by atoms with Crippen LogP contribution in [-0.4, -0.2) is 42.0 Å². The monoisotopic (exact) mass is 364 g/mol. The summed E-state index contributed by atoms with van der Waals surface area (Å²) in [5.41, 5.74) is 1.35. The molecule has 1 aliphatic rings. The molecule has 136 valence electrons. The maximum Gasteiger partial charge on any atom is 0.119 e. The minimum Gasteiger partial charge on any atom is -0.497 e. The Morgan fingerprint density at radius 1 is 1.36 bits per heavy atom. The molecule has 1 saturated heterocycles. The van der Waals surface area contributed by atoms with Gasteiger partial charge in [0.2, 0.25) is 0 Å². The van der Waals surface area contributed by atoms with Crippen LogP contribution in [0.4, 0.5) is 0 Å². The van der Waals surface area contributed by atoms with Gasteiger partial charge in [-0.3, -0.25) is 4.98 Å². The number of aromatic nitrogens is 1. The van der Waals surface area contributed by atoms with E-state index in [4.69, 9.17) is 16.3 Å². The molecule has 0 spiro atoms. The van der Waals surface area contributed by atoms with Crippen LogP contribution in [0.1, 0.15) is 37.4 Å². The van der Waals surface area contributed by atoms with E-state index in [2.05, 4.69) is 10.3 Å². The van der Waals surface area contributed by atoms with Crippen molar-refractivity contribution in [1.82, 2.24) is 10.3 Å². The first-order valence-electron chi connectivity index (χ1n) is 8.70. The lowest BCUT2D eigenvalue weighted by molar-refractivity contribution is 0.0581. The molecule has 2 aromatic rings. The molecule has 0 aliphatic carbocycles. The number of aliphatic hydroxyl groups excluding tert-OH is 2. The molecular weight excluding hydrogens is 340 g/mol. The van der Waals surface area contributed by atoms with Crippen LogP contribution in [0.5, 0.6) is 5.75 Å². The Bertz CT molecular complexity index is 732. The maximum atomic E-state index is 10.9.